The molecule has 0 spiro atoms. The minimum absolute atomic E-state index is 0.0980. The maximum atomic E-state index is 12.1. The molecule has 1 rings (SSSR count). The van der Waals surface area contributed by atoms with Crippen LogP contribution in [0.2, 0.25) is 0 Å². The van der Waals surface area contributed by atoms with Gasteiger partial charge in [0.25, 0.3) is 0 Å². The van der Waals surface area contributed by atoms with Crippen LogP contribution in [0, 0.1) is 5.92 Å². The van der Waals surface area contributed by atoms with Crippen molar-refractivity contribution in [3.05, 3.63) is 12.2 Å². The van der Waals surface area contributed by atoms with Crippen molar-refractivity contribution >= 4 is 11.7 Å². The van der Waals surface area contributed by atoms with Gasteiger partial charge >= 0.3 is 0 Å². The van der Waals surface area contributed by atoms with Crippen LogP contribution in [-0.2, 0) is 9.59 Å². The fourth-order valence-corrected chi connectivity index (χ4v) is 2.32. The second-order valence-electron chi connectivity index (χ2n) is 5.45. The van der Waals surface area contributed by atoms with E-state index in [1.807, 2.05) is 23.8 Å². The number of piperidine rings is 1. The van der Waals surface area contributed by atoms with Crippen LogP contribution in [0.1, 0.15) is 26.2 Å². The molecule has 0 aliphatic carbocycles. The third kappa shape index (κ3) is 5.84. The van der Waals surface area contributed by atoms with E-state index in [-0.39, 0.29) is 24.2 Å². The van der Waals surface area contributed by atoms with Crippen molar-refractivity contribution in [3.63, 3.8) is 0 Å². The van der Waals surface area contributed by atoms with Crippen LogP contribution in [0.25, 0.3) is 0 Å². The van der Waals surface area contributed by atoms with E-state index in [1.165, 1.54) is 0 Å². The van der Waals surface area contributed by atoms with Crippen LogP contribution in [0.3, 0.4) is 0 Å². The van der Waals surface area contributed by atoms with E-state index in [0.29, 0.717) is 26.1 Å². The van der Waals surface area contributed by atoms with Crippen LogP contribution in [0.15, 0.2) is 12.2 Å². The monoisotopic (exact) mass is 282 g/mol. The van der Waals surface area contributed by atoms with Crippen molar-refractivity contribution in [1.29, 1.82) is 0 Å². The normalized spacial score (nSPS) is 19.8. The Labute approximate surface area is 121 Å². The molecule has 1 heterocycles. The molecule has 5 heteroatoms. The van der Waals surface area contributed by atoms with Crippen molar-refractivity contribution in [2.75, 3.05) is 39.8 Å². The molecule has 0 aromatic carbocycles. The fourth-order valence-electron chi connectivity index (χ4n) is 2.32. The summed E-state index contributed by atoms with van der Waals surface area (Å²) >= 11 is 0. The molecule has 20 heavy (non-hydrogen) atoms. The Bertz CT molecular complexity index is 355. The second kappa shape index (κ2) is 8.87. The molecule has 1 N–H and O–H groups in total. The standard InChI is InChI=1S/C15H26N2O3/c1-3-14(19)7-5-8-16(2)11-15(20)17-9-4-6-13(10-17)12-18/h5,7,13,18H,3-4,6,8-12H2,1-2H3/b7-5+. The summed E-state index contributed by atoms with van der Waals surface area (Å²) in [5.74, 6) is 0.424. The van der Waals surface area contributed by atoms with E-state index in [2.05, 4.69) is 0 Å². The van der Waals surface area contributed by atoms with Gasteiger partial charge in [0.1, 0.15) is 0 Å². The highest BCUT2D eigenvalue weighted by atomic mass is 16.3. The van der Waals surface area contributed by atoms with Gasteiger partial charge in [-0.05, 0) is 31.9 Å². The number of aliphatic hydroxyl groups excluding tert-OH is 1. The van der Waals surface area contributed by atoms with Crippen LogP contribution in [0.5, 0.6) is 0 Å². The molecular weight excluding hydrogens is 256 g/mol. The highest BCUT2D eigenvalue weighted by Gasteiger charge is 2.23. The highest BCUT2D eigenvalue weighted by molar-refractivity contribution is 5.89. The molecule has 1 aliphatic rings. The van der Waals surface area contributed by atoms with E-state index in [9.17, 15) is 14.7 Å². The lowest BCUT2D eigenvalue weighted by Crippen LogP contribution is -2.45. The molecule has 0 saturated carbocycles. The predicted molar refractivity (Wildman–Crippen MR) is 78.3 cm³/mol. The van der Waals surface area contributed by atoms with Gasteiger partial charge in [0.2, 0.25) is 5.91 Å². The van der Waals surface area contributed by atoms with E-state index in [0.717, 1.165) is 19.4 Å². The minimum atomic E-state index is 0.0980. The number of aliphatic hydroxyl groups is 1. The Balaban J connectivity index is 2.33. The maximum Gasteiger partial charge on any atom is 0.236 e. The van der Waals surface area contributed by atoms with Crippen LogP contribution in [-0.4, -0.2) is 66.4 Å². The number of rotatable bonds is 7. The lowest BCUT2D eigenvalue weighted by Gasteiger charge is -2.32. The number of carbonyl (C=O) groups is 2. The molecule has 1 amide bonds. The van der Waals surface area contributed by atoms with Gasteiger partial charge in [-0.15, -0.1) is 0 Å². The predicted octanol–water partition coefficient (Wildman–Crippen LogP) is 0.684. The maximum absolute atomic E-state index is 12.1. The van der Waals surface area contributed by atoms with Crippen LogP contribution < -0.4 is 0 Å². The smallest absolute Gasteiger partial charge is 0.236 e. The third-order valence-electron chi connectivity index (χ3n) is 3.60. The lowest BCUT2D eigenvalue weighted by atomic mass is 9.99. The van der Waals surface area contributed by atoms with Crippen molar-refractivity contribution in [1.82, 2.24) is 9.80 Å². The molecular formula is C15H26N2O3. The third-order valence-corrected chi connectivity index (χ3v) is 3.60. The van der Waals surface area contributed by atoms with E-state index >= 15 is 0 Å². The van der Waals surface area contributed by atoms with Crippen LogP contribution >= 0.6 is 0 Å². The van der Waals surface area contributed by atoms with Gasteiger partial charge in [-0.2, -0.15) is 0 Å². The van der Waals surface area contributed by atoms with Crippen molar-refractivity contribution < 1.29 is 14.7 Å². The molecule has 1 unspecified atom stereocenters. The summed E-state index contributed by atoms with van der Waals surface area (Å²) in [6, 6.07) is 0. The molecule has 0 bridgehead atoms. The number of likely N-dealkylation sites (N-methyl/N-ethyl adjacent to an activating group) is 1. The summed E-state index contributed by atoms with van der Waals surface area (Å²) in [6.07, 6.45) is 5.84. The van der Waals surface area contributed by atoms with Crippen molar-refractivity contribution in [2.45, 2.75) is 26.2 Å². The number of ketones is 1. The Hall–Kier alpha value is -1.20. The van der Waals surface area contributed by atoms with Gasteiger partial charge in [-0.3, -0.25) is 14.5 Å². The summed E-state index contributed by atoms with van der Waals surface area (Å²) in [7, 11) is 1.87. The molecule has 1 fully saturated rings. The summed E-state index contributed by atoms with van der Waals surface area (Å²) < 4.78 is 0. The number of carbonyl (C=O) groups excluding carboxylic acids is 2. The van der Waals surface area contributed by atoms with E-state index in [1.54, 1.807) is 12.2 Å². The van der Waals surface area contributed by atoms with Gasteiger partial charge in [-0.1, -0.05) is 13.0 Å². The molecule has 0 aromatic rings. The largest absolute Gasteiger partial charge is 0.396 e. The topological polar surface area (TPSA) is 60.9 Å². The lowest BCUT2D eigenvalue weighted by molar-refractivity contribution is -0.134. The Morgan fingerprint density at radius 1 is 1.45 bits per heavy atom. The van der Waals surface area contributed by atoms with Gasteiger partial charge < -0.3 is 10.0 Å². The molecule has 1 aliphatic heterocycles. The Morgan fingerprint density at radius 3 is 2.85 bits per heavy atom. The van der Waals surface area contributed by atoms with Crippen molar-refractivity contribution in [3.8, 4) is 0 Å². The summed E-state index contributed by atoms with van der Waals surface area (Å²) in [4.78, 5) is 27.0. The second-order valence-corrected chi connectivity index (χ2v) is 5.45. The highest BCUT2D eigenvalue weighted by Crippen LogP contribution is 2.15. The Kier molecular flexibility index (Phi) is 7.47. The van der Waals surface area contributed by atoms with Crippen LogP contribution in [0.4, 0.5) is 0 Å². The summed E-state index contributed by atoms with van der Waals surface area (Å²) in [5.41, 5.74) is 0. The number of likely N-dealkylation sites (tertiary alicyclic amines) is 1. The SMILES string of the molecule is CCC(=O)/C=C/CN(C)CC(=O)N1CCCC(CO)C1. The van der Waals surface area contributed by atoms with Crippen molar-refractivity contribution in [2.24, 2.45) is 5.92 Å². The van der Waals surface area contributed by atoms with E-state index < -0.39 is 0 Å². The van der Waals surface area contributed by atoms with Gasteiger partial charge in [0, 0.05) is 32.7 Å². The first-order valence-electron chi connectivity index (χ1n) is 7.33. The average molecular weight is 282 g/mol. The van der Waals surface area contributed by atoms with Gasteiger partial charge in [-0.25, -0.2) is 0 Å². The minimum Gasteiger partial charge on any atom is -0.396 e. The first-order valence-corrected chi connectivity index (χ1v) is 7.33. The first-order chi connectivity index (χ1) is 9.56. The molecule has 1 atom stereocenters. The summed E-state index contributed by atoms with van der Waals surface area (Å²) in [6.45, 7) is 4.37. The molecule has 114 valence electrons. The zero-order valence-electron chi connectivity index (χ0n) is 12.5. The van der Waals surface area contributed by atoms with Gasteiger partial charge in [0.05, 0.1) is 6.54 Å². The number of nitrogens with zero attached hydrogens (tertiary/aromatic N) is 2. The number of hydrogen-bond acceptors (Lipinski definition) is 4. The number of hydrogen-bond donors (Lipinski definition) is 1. The first kappa shape index (κ1) is 16.9. The molecule has 0 aromatic heterocycles. The number of allylic oxidation sites excluding steroid dienone is 1. The molecule has 0 radical (unpaired) electrons. The average Bonchev–Trinajstić information content (AvgIpc) is 2.46. The molecule has 1 saturated heterocycles. The van der Waals surface area contributed by atoms with Gasteiger partial charge in [0.15, 0.2) is 5.78 Å². The zero-order chi connectivity index (χ0) is 15.0. The molecule has 5 nitrogen and oxygen atoms in total. The van der Waals surface area contributed by atoms with E-state index in [4.69, 9.17) is 0 Å². The zero-order valence-corrected chi connectivity index (χ0v) is 12.5. The quantitative estimate of drug-likeness (QED) is 0.698. The summed E-state index contributed by atoms with van der Waals surface area (Å²) in [5, 5.41) is 9.17. The number of amides is 1. The fraction of sp³-hybridized carbons (Fsp3) is 0.733. The Morgan fingerprint density at radius 2 is 2.20 bits per heavy atom.